The summed E-state index contributed by atoms with van der Waals surface area (Å²) in [5.74, 6) is -0.303. The number of carboxylic acid groups (broad SMARTS) is 1. The Labute approximate surface area is 171 Å². The Bertz CT molecular complexity index is 799. The molecule has 0 saturated carbocycles. The van der Waals surface area contributed by atoms with Crippen molar-refractivity contribution in [2.45, 2.75) is 19.0 Å². The Morgan fingerprint density at radius 3 is 2.62 bits per heavy atom. The van der Waals surface area contributed by atoms with Gasteiger partial charge in [-0.2, -0.15) is 0 Å². The molecular formula is C19H29N3O6S. The molecule has 2 N–H and O–H groups in total. The van der Waals surface area contributed by atoms with Gasteiger partial charge in [-0.1, -0.05) is 24.3 Å². The van der Waals surface area contributed by atoms with E-state index in [-0.39, 0.29) is 30.1 Å². The fraction of sp³-hybridized carbons (Fsp3) is 0.579. The highest BCUT2D eigenvalue weighted by Gasteiger charge is 2.34. The molecule has 0 unspecified atom stereocenters. The van der Waals surface area contributed by atoms with Gasteiger partial charge in [-0.3, -0.25) is 14.5 Å². The van der Waals surface area contributed by atoms with Crippen molar-refractivity contribution in [3.63, 3.8) is 0 Å². The zero-order valence-corrected chi connectivity index (χ0v) is 17.6. The largest absolute Gasteiger partial charge is 0.483 e. The van der Waals surface area contributed by atoms with Crippen molar-refractivity contribution in [3.05, 3.63) is 35.4 Å². The second-order valence-corrected chi connectivity index (χ2v) is 9.59. The minimum absolute atomic E-state index is 0.0119. The van der Waals surface area contributed by atoms with E-state index in [0.717, 1.165) is 19.5 Å². The first-order valence-corrected chi connectivity index (χ1v) is 11.0. The molecule has 9 nitrogen and oxygen atoms in total. The van der Waals surface area contributed by atoms with E-state index in [9.17, 15) is 13.2 Å². The third kappa shape index (κ3) is 6.77. The quantitative estimate of drug-likeness (QED) is 0.602. The number of benzene rings is 1. The van der Waals surface area contributed by atoms with Gasteiger partial charge in [-0.25, -0.2) is 12.7 Å². The molecule has 2 aliphatic rings. The van der Waals surface area contributed by atoms with Crippen molar-refractivity contribution < 1.29 is 27.9 Å². The van der Waals surface area contributed by atoms with Gasteiger partial charge in [0.25, 0.3) is 6.47 Å². The summed E-state index contributed by atoms with van der Waals surface area (Å²) in [5.41, 5.74) is 2.62. The van der Waals surface area contributed by atoms with E-state index < -0.39 is 10.0 Å². The van der Waals surface area contributed by atoms with Gasteiger partial charge in [0, 0.05) is 33.1 Å². The average molecular weight is 428 g/mol. The molecule has 0 spiro atoms. The van der Waals surface area contributed by atoms with Crippen LogP contribution in [0.2, 0.25) is 0 Å². The Morgan fingerprint density at radius 1 is 1.31 bits per heavy atom. The van der Waals surface area contributed by atoms with Gasteiger partial charge in [0.1, 0.15) is 0 Å². The minimum Gasteiger partial charge on any atom is -0.483 e. The molecule has 1 amide bonds. The van der Waals surface area contributed by atoms with Crippen LogP contribution < -0.4 is 5.32 Å². The number of hydrogen-bond acceptors (Lipinski definition) is 6. The summed E-state index contributed by atoms with van der Waals surface area (Å²) in [7, 11) is -0.278. The smallest absolute Gasteiger partial charge is 0.290 e. The van der Waals surface area contributed by atoms with Crippen LogP contribution in [-0.4, -0.2) is 87.3 Å². The van der Waals surface area contributed by atoms with Gasteiger partial charge in [-0.05, 0) is 17.5 Å². The van der Waals surface area contributed by atoms with Crippen LogP contribution in [-0.2, 0) is 37.3 Å². The van der Waals surface area contributed by atoms with E-state index in [0.29, 0.717) is 19.8 Å². The number of hydrogen-bond donors (Lipinski definition) is 2. The normalized spacial score (nSPS) is 21.8. The summed E-state index contributed by atoms with van der Waals surface area (Å²) in [4.78, 5) is 22.9. The molecule has 0 radical (unpaired) electrons. The Balaban J connectivity index is 0.000000941. The number of nitrogens with zero attached hydrogens (tertiary/aromatic N) is 2. The van der Waals surface area contributed by atoms with E-state index in [1.807, 2.05) is 12.1 Å². The van der Waals surface area contributed by atoms with Gasteiger partial charge in [0.2, 0.25) is 15.9 Å². The summed E-state index contributed by atoms with van der Waals surface area (Å²) in [6.07, 6.45) is 0.944. The molecule has 3 rings (SSSR count). The van der Waals surface area contributed by atoms with E-state index in [4.69, 9.17) is 14.6 Å². The molecule has 0 bridgehead atoms. The third-order valence-electron chi connectivity index (χ3n) is 5.10. The molecule has 1 aromatic carbocycles. The molecule has 0 aromatic heterocycles. The summed E-state index contributed by atoms with van der Waals surface area (Å²) in [6, 6.07) is 8.05. The Kier molecular flexibility index (Phi) is 8.57. The molecule has 1 saturated heterocycles. The predicted octanol–water partition coefficient (Wildman–Crippen LogP) is -0.232. The van der Waals surface area contributed by atoms with Crippen molar-refractivity contribution in [2.75, 3.05) is 46.2 Å². The van der Waals surface area contributed by atoms with Gasteiger partial charge in [0.15, 0.2) is 0 Å². The number of nitrogens with one attached hydrogen (secondary N) is 1. The highest BCUT2D eigenvalue weighted by molar-refractivity contribution is 7.89. The minimum atomic E-state index is -3.32. The number of sulfonamides is 1. The molecule has 162 valence electrons. The summed E-state index contributed by atoms with van der Waals surface area (Å²) >= 11 is 0. The van der Waals surface area contributed by atoms with Crippen LogP contribution in [0.4, 0.5) is 0 Å². The maximum atomic E-state index is 12.5. The molecule has 10 heteroatoms. The van der Waals surface area contributed by atoms with Crippen LogP contribution in [0.15, 0.2) is 24.3 Å². The lowest BCUT2D eigenvalue weighted by atomic mass is 10.00. The molecule has 2 heterocycles. The first-order valence-electron chi connectivity index (χ1n) is 9.41. The SMILES string of the molecule is CN(C)S(=O)(=O)C[C@@H]1COC[C@@H]1NC(=O)CN1CCc2ccccc2C1.O=CO. The van der Waals surface area contributed by atoms with Crippen LogP contribution >= 0.6 is 0 Å². The zero-order chi connectivity index (χ0) is 21.4. The highest BCUT2D eigenvalue weighted by Crippen LogP contribution is 2.19. The van der Waals surface area contributed by atoms with E-state index in [1.54, 1.807) is 0 Å². The standard InChI is InChI=1S/C18H27N3O4S.CH2O2/c1-20(2)26(23,24)13-16-11-25-12-17(16)19-18(22)10-21-8-7-14-5-3-4-6-15(14)9-21;2-1-3/h3-6,16-17H,7-13H2,1-2H3,(H,19,22);1H,(H,2,3)/t16-,17-;/m0./s1. The molecule has 1 aromatic rings. The van der Waals surface area contributed by atoms with Crippen molar-refractivity contribution in [1.29, 1.82) is 0 Å². The third-order valence-corrected chi connectivity index (χ3v) is 7.06. The van der Waals surface area contributed by atoms with Gasteiger partial charge in [0.05, 0.1) is 31.6 Å². The van der Waals surface area contributed by atoms with Gasteiger partial charge in [-0.15, -0.1) is 0 Å². The van der Waals surface area contributed by atoms with Crippen molar-refractivity contribution in [1.82, 2.24) is 14.5 Å². The number of ether oxygens (including phenoxy) is 1. The number of carbonyl (C=O) groups excluding carboxylic acids is 1. The summed E-state index contributed by atoms with van der Waals surface area (Å²) < 4.78 is 30.8. The zero-order valence-electron chi connectivity index (χ0n) is 16.8. The average Bonchev–Trinajstić information content (AvgIpc) is 3.08. The number of rotatable bonds is 6. The Morgan fingerprint density at radius 2 is 1.97 bits per heavy atom. The van der Waals surface area contributed by atoms with Crippen molar-refractivity contribution in [3.8, 4) is 0 Å². The fourth-order valence-electron chi connectivity index (χ4n) is 3.49. The summed E-state index contributed by atoms with van der Waals surface area (Å²) in [5, 5.41) is 9.86. The van der Waals surface area contributed by atoms with Crippen LogP contribution in [0.25, 0.3) is 0 Å². The van der Waals surface area contributed by atoms with Crippen LogP contribution in [0.3, 0.4) is 0 Å². The van der Waals surface area contributed by atoms with Crippen molar-refractivity contribution in [2.24, 2.45) is 5.92 Å². The number of fused-ring (bicyclic) bond motifs is 1. The topological polar surface area (TPSA) is 116 Å². The van der Waals surface area contributed by atoms with Gasteiger partial charge >= 0.3 is 0 Å². The highest BCUT2D eigenvalue weighted by atomic mass is 32.2. The second kappa shape index (κ2) is 10.7. The van der Waals surface area contributed by atoms with E-state index in [2.05, 4.69) is 22.3 Å². The fourth-order valence-corrected chi connectivity index (χ4v) is 4.65. The monoisotopic (exact) mass is 427 g/mol. The maximum Gasteiger partial charge on any atom is 0.290 e. The molecule has 1 fully saturated rings. The second-order valence-electron chi connectivity index (χ2n) is 7.37. The lowest BCUT2D eigenvalue weighted by Gasteiger charge is -2.29. The molecule has 2 aliphatic heterocycles. The first-order chi connectivity index (χ1) is 13.8. The van der Waals surface area contributed by atoms with Gasteiger partial charge < -0.3 is 15.2 Å². The molecular weight excluding hydrogens is 398 g/mol. The molecule has 29 heavy (non-hydrogen) atoms. The van der Waals surface area contributed by atoms with E-state index >= 15 is 0 Å². The number of amides is 1. The maximum absolute atomic E-state index is 12.5. The van der Waals surface area contributed by atoms with E-state index in [1.165, 1.54) is 29.5 Å². The molecule has 2 atom stereocenters. The van der Waals surface area contributed by atoms with Crippen LogP contribution in [0.1, 0.15) is 11.1 Å². The van der Waals surface area contributed by atoms with Crippen LogP contribution in [0.5, 0.6) is 0 Å². The van der Waals surface area contributed by atoms with Crippen molar-refractivity contribution >= 4 is 22.4 Å². The number of carbonyl (C=O) groups is 2. The Hall–Kier alpha value is -2.01. The predicted molar refractivity (Wildman–Crippen MR) is 108 cm³/mol. The summed E-state index contributed by atoms with van der Waals surface area (Å²) in [6.45, 7) is 2.41. The first kappa shape index (κ1) is 23.3. The lowest BCUT2D eigenvalue weighted by molar-refractivity contribution is -0.124. The molecule has 0 aliphatic carbocycles. The lowest BCUT2D eigenvalue weighted by Crippen LogP contribution is -2.47. The van der Waals surface area contributed by atoms with Crippen LogP contribution in [0, 0.1) is 5.92 Å².